The Morgan fingerprint density at radius 3 is 3.00 bits per heavy atom. The van der Waals surface area contributed by atoms with E-state index >= 15 is 0 Å². The summed E-state index contributed by atoms with van der Waals surface area (Å²) < 4.78 is 6.61. The monoisotopic (exact) mass is 320 g/mol. The number of aromatic nitrogens is 2. The molecule has 0 spiro atoms. The van der Waals surface area contributed by atoms with E-state index in [9.17, 15) is 9.59 Å². The van der Waals surface area contributed by atoms with Gasteiger partial charge in [-0.3, -0.25) is 14.2 Å². The summed E-state index contributed by atoms with van der Waals surface area (Å²) in [6.07, 6.45) is 6.35. The summed E-state index contributed by atoms with van der Waals surface area (Å²) in [5.74, 6) is -0.387. The summed E-state index contributed by atoms with van der Waals surface area (Å²) in [6, 6.07) is 0. The Balaban J connectivity index is 1.93. The van der Waals surface area contributed by atoms with Crippen molar-refractivity contribution in [2.75, 3.05) is 0 Å². The van der Waals surface area contributed by atoms with E-state index in [1.165, 1.54) is 22.2 Å². The van der Waals surface area contributed by atoms with Crippen molar-refractivity contribution < 1.29 is 9.53 Å². The number of rotatable bonds is 4. The minimum Gasteiger partial charge on any atom is -0.461 e. The van der Waals surface area contributed by atoms with Crippen molar-refractivity contribution in [3.63, 3.8) is 0 Å². The Kier molecular flexibility index (Phi) is 4.29. The van der Waals surface area contributed by atoms with Gasteiger partial charge in [0.15, 0.2) is 0 Å². The quantitative estimate of drug-likeness (QED) is 0.813. The Morgan fingerprint density at radius 2 is 2.23 bits per heavy atom. The van der Waals surface area contributed by atoms with Crippen LogP contribution in [0.5, 0.6) is 0 Å². The lowest BCUT2D eigenvalue weighted by Gasteiger charge is -2.12. The highest BCUT2D eigenvalue weighted by molar-refractivity contribution is 7.18. The van der Waals surface area contributed by atoms with Gasteiger partial charge in [-0.05, 0) is 44.6 Å². The second-order valence-corrected chi connectivity index (χ2v) is 6.86. The fraction of sp³-hybridized carbons (Fsp3) is 0.562. The van der Waals surface area contributed by atoms with Gasteiger partial charge in [0.05, 0.1) is 17.8 Å². The summed E-state index contributed by atoms with van der Waals surface area (Å²) >= 11 is 1.62. The van der Waals surface area contributed by atoms with E-state index in [4.69, 9.17) is 4.74 Å². The summed E-state index contributed by atoms with van der Waals surface area (Å²) in [5, 5.41) is 0.707. The summed E-state index contributed by atoms with van der Waals surface area (Å²) in [5.41, 5.74) is 1.03. The van der Waals surface area contributed by atoms with Crippen LogP contribution in [-0.4, -0.2) is 21.6 Å². The SMILES string of the molecule is CCC(C)OC(=O)Cn1cnc2sc3c(c2c1=O)CCCC3. The van der Waals surface area contributed by atoms with Crippen LogP contribution in [0, 0.1) is 0 Å². The maximum absolute atomic E-state index is 12.7. The second kappa shape index (κ2) is 6.20. The van der Waals surface area contributed by atoms with Gasteiger partial charge in [-0.15, -0.1) is 11.3 Å². The number of carbonyl (C=O) groups is 1. The molecule has 0 aromatic carbocycles. The number of hydrogen-bond donors (Lipinski definition) is 0. The van der Waals surface area contributed by atoms with Crippen molar-refractivity contribution >= 4 is 27.5 Å². The van der Waals surface area contributed by atoms with Crippen LogP contribution in [0.2, 0.25) is 0 Å². The van der Waals surface area contributed by atoms with Crippen LogP contribution in [0.25, 0.3) is 10.2 Å². The van der Waals surface area contributed by atoms with E-state index in [-0.39, 0.29) is 24.2 Å². The maximum atomic E-state index is 12.7. The first kappa shape index (κ1) is 15.2. The van der Waals surface area contributed by atoms with Crippen molar-refractivity contribution in [2.45, 2.75) is 58.6 Å². The van der Waals surface area contributed by atoms with Gasteiger partial charge in [-0.2, -0.15) is 0 Å². The number of carbonyl (C=O) groups excluding carboxylic acids is 1. The molecule has 5 nitrogen and oxygen atoms in total. The van der Waals surface area contributed by atoms with Gasteiger partial charge in [0.2, 0.25) is 0 Å². The zero-order valence-electron chi connectivity index (χ0n) is 12.9. The summed E-state index contributed by atoms with van der Waals surface area (Å²) in [6.45, 7) is 3.73. The Hall–Kier alpha value is -1.69. The first-order chi connectivity index (χ1) is 10.6. The molecule has 0 aliphatic heterocycles. The highest BCUT2D eigenvalue weighted by Crippen LogP contribution is 2.33. The lowest BCUT2D eigenvalue weighted by Crippen LogP contribution is -2.27. The normalized spacial score (nSPS) is 15.5. The van der Waals surface area contributed by atoms with Crippen molar-refractivity contribution in [1.82, 2.24) is 9.55 Å². The molecule has 0 saturated heterocycles. The van der Waals surface area contributed by atoms with Crippen molar-refractivity contribution in [3.8, 4) is 0 Å². The van der Waals surface area contributed by atoms with Gasteiger partial charge in [0.25, 0.3) is 5.56 Å². The molecular weight excluding hydrogens is 300 g/mol. The van der Waals surface area contributed by atoms with Crippen LogP contribution >= 0.6 is 11.3 Å². The van der Waals surface area contributed by atoms with Crippen molar-refractivity contribution in [3.05, 3.63) is 27.1 Å². The lowest BCUT2D eigenvalue weighted by atomic mass is 9.97. The highest BCUT2D eigenvalue weighted by atomic mass is 32.1. The standard InChI is InChI=1S/C16H20N2O3S/c1-3-10(2)21-13(19)8-18-9-17-15-14(16(18)20)11-6-4-5-7-12(11)22-15/h9-10H,3-8H2,1-2H3. The van der Waals surface area contributed by atoms with Crippen LogP contribution in [0.3, 0.4) is 0 Å². The fourth-order valence-corrected chi connectivity index (χ4v) is 4.00. The lowest BCUT2D eigenvalue weighted by molar-refractivity contribution is -0.149. The van der Waals surface area contributed by atoms with Crippen molar-refractivity contribution in [2.24, 2.45) is 0 Å². The molecule has 2 aromatic heterocycles. The molecule has 1 unspecified atom stereocenters. The molecular formula is C16H20N2O3S. The largest absolute Gasteiger partial charge is 0.461 e. The number of aryl methyl sites for hydroxylation is 2. The van der Waals surface area contributed by atoms with Gasteiger partial charge in [0.1, 0.15) is 11.4 Å². The first-order valence-electron chi connectivity index (χ1n) is 7.79. The number of ether oxygens (including phenoxy) is 1. The third-order valence-corrected chi connectivity index (χ3v) is 5.35. The topological polar surface area (TPSA) is 61.2 Å². The minimum atomic E-state index is -0.387. The van der Waals surface area contributed by atoms with Gasteiger partial charge in [-0.1, -0.05) is 6.92 Å². The molecule has 118 valence electrons. The van der Waals surface area contributed by atoms with E-state index in [2.05, 4.69) is 4.98 Å². The van der Waals surface area contributed by atoms with Gasteiger partial charge in [0, 0.05) is 4.88 Å². The number of hydrogen-bond acceptors (Lipinski definition) is 5. The molecule has 0 fully saturated rings. The van der Waals surface area contributed by atoms with E-state index in [0.29, 0.717) is 5.39 Å². The van der Waals surface area contributed by atoms with Gasteiger partial charge >= 0.3 is 5.97 Å². The highest BCUT2D eigenvalue weighted by Gasteiger charge is 2.20. The average molecular weight is 320 g/mol. The van der Waals surface area contributed by atoms with Gasteiger partial charge in [-0.25, -0.2) is 4.98 Å². The third kappa shape index (κ3) is 2.79. The van der Waals surface area contributed by atoms with Crippen LogP contribution in [0.15, 0.2) is 11.1 Å². The molecule has 2 aromatic rings. The molecule has 2 heterocycles. The zero-order valence-corrected chi connectivity index (χ0v) is 13.7. The molecule has 0 radical (unpaired) electrons. The molecule has 6 heteroatoms. The predicted octanol–water partition coefficient (Wildman–Crippen LogP) is 2.68. The molecule has 0 saturated carbocycles. The van der Waals surface area contributed by atoms with E-state index < -0.39 is 0 Å². The van der Waals surface area contributed by atoms with Crippen LogP contribution in [0.4, 0.5) is 0 Å². The molecule has 0 N–H and O–H groups in total. The zero-order chi connectivity index (χ0) is 15.7. The number of nitrogens with zero attached hydrogens (tertiary/aromatic N) is 2. The first-order valence-corrected chi connectivity index (χ1v) is 8.61. The summed E-state index contributed by atoms with van der Waals surface area (Å²) in [4.78, 5) is 31.0. The maximum Gasteiger partial charge on any atom is 0.326 e. The Morgan fingerprint density at radius 1 is 1.45 bits per heavy atom. The minimum absolute atomic E-state index is 0.0727. The molecule has 1 aliphatic carbocycles. The van der Waals surface area contributed by atoms with Gasteiger partial charge < -0.3 is 4.74 Å². The number of fused-ring (bicyclic) bond motifs is 3. The molecule has 1 atom stereocenters. The molecule has 0 amide bonds. The van der Waals surface area contributed by atoms with E-state index in [0.717, 1.165) is 36.1 Å². The smallest absolute Gasteiger partial charge is 0.326 e. The number of esters is 1. The van der Waals surface area contributed by atoms with Crippen LogP contribution in [0.1, 0.15) is 43.6 Å². The summed E-state index contributed by atoms with van der Waals surface area (Å²) in [7, 11) is 0. The molecule has 1 aliphatic rings. The fourth-order valence-electron chi connectivity index (χ4n) is 2.78. The average Bonchev–Trinajstić information content (AvgIpc) is 2.89. The van der Waals surface area contributed by atoms with Crippen LogP contribution < -0.4 is 5.56 Å². The van der Waals surface area contributed by atoms with E-state index in [1.54, 1.807) is 11.3 Å². The Bertz CT molecular complexity index is 763. The van der Waals surface area contributed by atoms with Crippen molar-refractivity contribution in [1.29, 1.82) is 0 Å². The van der Waals surface area contributed by atoms with Crippen LogP contribution in [-0.2, 0) is 28.9 Å². The second-order valence-electron chi connectivity index (χ2n) is 5.78. The molecule has 0 bridgehead atoms. The predicted molar refractivity (Wildman–Crippen MR) is 86.4 cm³/mol. The van der Waals surface area contributed by atoms with E-state index in [1.807, 2.05) is 13.8 Å². The third-order valence-electron chi connectivity index (χ3n) is 4.15. The number of thiophene rings is 1. The molecule has 22 heavy (non-hydrogen) atoms. The molecule has 3 rings (SSSR count). The Labute approximate surface area is 132 Å².